The van der Waals surface area contributed by atoms with Crippen LogP contribution in [-0.2, 0) is 6.18 Å². The Morgan fingerprint density at radius 3 is 2.31 bits per heavy atom. The zero-order chi connectivity index (χ0) is 19.5. The van der Waals surface area contributed by atoms with E-state index in [0.717, 1.165) is 0 Å². The van der Waals surface area contributed by atoms with Crippen LogP contribution in [0.1, 0.15) is 11.1 Å². The smallest absolute Gasteiger partial charge is 0.416 e. The number of aliphatic hydroxyl groups excluding tert-OH is 2. The molecule has 2 aromatic rings. The lowest BCUT2D eigenvalue weighted by Gasteiger charge is -2.18. The molecule has 9 heteroatoms. The summed E-state index contributed by atoms with van der Waals surface area (Å²) in [6.07, 6.45) is -5.97. The molecule has 0 heterocycles. The van der Waals surface area contributed by atoms with E-state index in [2.05, 4.69) is 5.32 Å². The second kappa shape index (κ2) is 7.88. The number of para-hydroxylation sites is 1. The number of hydrogen-bond donors (Lipinski definition) is 3. The third kappa shape index (κ3) is 4.61. The van der Waals surface area contributed by atoms with E-state index >= 15 is 0 Å². The average molecular weight is 377 g/mol. The summed E-state index contributed by atoms with van der Waals surface area (Å²) in [6, 6.07) is 4.84. The van der Waals surface area contributed by atoms with Gasteiger partial charge in [0.25, 0.3) is 0 Å². The lowest BCUT2D eigenvalue weighted by molar-refractivity contribution is -0.138. The zero-order valence-electron chi connectivity index (χ0n) is 13.6. The van der Waals surface area contributed by atoms with Crippen LogP contribution in [-0.4, -0.2) is 29.5 Å². The molecule has 0 bridgehead atoms. The number of benzene rings is 2. The van der Waals surface area contributed by atoms with Gasteiger partial charge in [-0.3, -0.25) is 0 Å². The van der Waals surface area contributed by atoms with Crippen LogP contribution in [0, 0.1) is 18.6 Å². The first-order chi connectivity index (χ1) is 12.1. The van der Waals surface area contributed by atoms with E-state index in [4.69, 9.17) is 9.84 Å². The first-order valence-electron chi connectivity index (χ1n) is 7.50. The van der Waals surface area contributed by atoms with Gasteiger partial charge in [0, 0.05) is 6.54 Å². The standard InChI is InChI=1S/C17H16F5NO3/c1-9-3-2-4-14(15(9)23-7-11(25)8-24)26-16-12(18)5-10(6-13(16)19)17(20,21)22/h2-6,11,23-25H,7-8H2,1H3. The first-order valence-corrected chi connectivity index (χ1v) is 7.50. The zero-order valence-corrected chi connectivity index (χ0v) is 13.6. The molecule has 0 radical (unpaired) electrons. The molecule has 0 aliphatic heterocycles. The van der Waals surface area contributed by atoms with Gasteiger partial charge in [0.2, 0.25) is 0 Å². The van der Waals surface area contributed by atoms with Crippen molar-refractivity contribution in [1.29, 1.82) is 0 Å². The van der Waals surface area contributed by atoms with Gasteiger partial charge in [-0.05, 0) is 30.7 Å². The lowest BCUT2D eigenvalue weighted by Crippen LogP contribution is -2.23. The van der Waals surface area contributed by atoms with Crippen molar-refractivity contribution in [3.63, 3.8) is 0 Å². The minimum absolute atomic E-state index is 0.0484. The Morgan fingerprint density at radius 1 is 1.15 bits per heavy atom. The maximum absolute atomic E-state index is 14.0. The predicted molar refractivity (Wildman–Crippen MR) is 84.2 cm³/mol. The maximum atomic E-state index is 14.0. The number of ether oxygens (including phenoxy) is 1. The number of hydrogen-bond acceptors (Lipinski definition) is 4. The third-order valence-corrected chi connectivity index (χ3v) is 3.50. The van der Waals surface area contributed by atoms with E-state index < -0.39 is 41.8 Å². The van der Waals surface area contributed by atoms with Crippen LogP contribution in [0.15, 0.2) is 30.3 Å². The summed E-state index contributed by atoms with van der Waals surface area (Å²) in [4.78, 5) is 0. The molecular weight excluding hydrogens is 361 g/mol. The minimum Gasteiger partial charge on any atom is -0.449 e. The molecule has 0 aliphatic rings. The summed E-state index contributed by atoms with van der Waals surface area (Å²) in [6.45, 7) is 1.08. The fourth-order valence-corrected chi connectivity index (χ4v) is 2.17. The van der Waals surface area contributed by atoms with Crippen molar-refractivity contribution in [2.45, 2.75) is 19.2 Å². The van der Waals surface area contributed by atoms with Crippen LogP contribution >= 0.6 is 0 Å². The second-order valence-corrected chi connectivity index (χ2v) is 5.53. The Labute approximate surface area is 145 Å². The SMILES string of the molecule is Cc1cccc(Oc2c(F)cc(C(F)(F)F)cc2F)c1NCC(O)CO. The van der Waals surface area contributed by atoms with Crippen LogP contribution in [0.3, 0.4) is 0 Å². The molecule has 1 unspecified atom stereocenters. The highest BCUT2D eigenvalue weighted by molar-refractivity contribution is 5.62. The van der Waals surface area contributed by atoms with Crippen LogP contribution in [0.5, 0.6) is 11.5 Å². The number of aliphatic hydroxyl groups is 2. The molecule has 2 aromatic carbocycles. The number of rotatable bonds is 6. The van der Waals surface area contributed by atoms with Gasteiger partial charge in [-0.25, -0.2) is 8.78 Å². The number of nitrogens with one attached hydrogen (secondary N) is 1. The summed E-state index contributed by atoms with van der Waals surface area (Å²) in [5, 5.41) is 21.0. The average Bonchev–Trinajstić information content (AvgIpc) is 2.56. The van der Waals surface area contributed by atoms with E-state index in [9.17, 15) is 27.1 Å². The summed E-state index contributed by atoms with van der Waals surface area (Å²) in [5.41, 5.74) is -0.590. The van der Waals surface area contributed by atoms with Gasteiger partial charge in [0.15, 0.2) is 23.1 Å². The van der Waals surface area contributed by atoms with Crippen LogP contribution < -0.4 is 10.1 Å². The fourth-order valence-electron chi connectivity index (χ4n) is 2.17. The molecule has 0 spiro atoms. The topological polar surface area (TPSA) is 61.7 Å². The molecular formula is C17H16F5NO3. The van der Waals surface area contributed by atoms with E-state index in [1.807, 2.05) is 0 Å². The largest absolute Gasteiger partial charge is 0.449 e. The third-order valence-electron chi connectivity index (χ3n) is 3.50. The van der Waals surface area contributed by atoms with Gasteiger partial charge in [-0.2, -0.15) is 13.2 Å². The molecule has 3 N–H and O–H groups in total. The highest BCUT2D eigenvalue weighted by Gasteiger charge is 2.33. The quantitative estimate of drug-likeness (QED) is 0.670. The molecule has 0 fully saturated rings. The summed E-state index contributed by atoms with van der Waals surface area (Å²) < 4.78 is 70.9. The first kappa shape index (κ1) is 19.9. The second-order valence-electron chi connectivity index (χ2n) is 5.53. The Balaban J connectivity index is 2.36. The predicted octanol–water partition coefficient (Wildman–Crippen LogP) is 3.85. The number of aryl methyl sites for hydroxylation is 1. The number of anilines is 1. The van der Waals surface area contributed by atoms with Crippen molar-refractivity contribution in [3.05, 3.63) is 53.1 Å². The normalized spacial score (nSPS) is 12.8. The molecule has 0 aliphatic carbocycles. The van der Waals surface area contributed by atoms with Crippen LogP contribution in [0.4, 0.5) is 27.6 Å². The van der Waals surface area contributed by atoms with Crippen molar-refractivity contribution in [3.8, 4) is 11.5 Å². The van der Waals surface area contributed by atoms with Gasteiger partial charge in [0.05, 0.1) is 24.0 Å². The molecule has 0 saturated carbocycles. The number of halogens is 5. The fraction of sp³-hybridized carbons (Fsp3) is 0.294. The molecule has 2 rings (SSSR count). The highest BCUT2D eigenvalue weighted by atomic mass is 19.4. The Hall–Kier alpha value is -2.39. The van der Waals surface area contributed by atoms with Crippen molar-refractivity contribution in [2.75, 3.05) is 18.5 Å². The molecule has 142 valence electrons. The van der Waals surface area contributed by atoms with Crippen molar-refractivity contribution < 1.29 is 36.9 Å². The Kier molecular flexibility index (Phi) is 6.04. The Morgan fingerprint density at radius 2 is 1.77 bits per heavy atom. The lowest BCUT2D eigenvalue weighted by atomic mass is 10.1. The highest BCUT2D eigenvalue weighted by Crippen LogP contribution is 2.38. The molecule has 0 saturated heterocycles. The maximum Gasteiger partial charge on any atom is 0.416 e. The molecule has 4 nitrogen and oxygen atoms in total. The monoisotopic (exact) mass is 377 g/mol. The van der Waals surface area contributed by atoms with Crippen LogP contribution in [0.25, 0.3) is 0 Å². The molecule has 0 aromatic heterocycles. The van der Waals surface area contributed by atoms with Gasteiger partial charge >= 0.3 is 6.18 Å². The van der Waals surface area contributed by atoms with E-state index in [1.54, 1.807) is 13.0 Å². The van der Waals surface area contributed by atoms with Gasteiger partial charge in [-0.15, -0.1) is 0 Å². The van der Waals surface area contributed by atoms with Gasteiger partial charge in [-0.1, -0.05) is 12.1 Å². The molecule has 1 atom stereocenters. The molecule has 26 heavy (non-hydrogen) atoms. The van der Waals surface area contributed by atoms with E-state index in [-0.39, 0.29) is 30.1 Å². The Bertz CT molecular complexity index is 756. The number of alkyl halides is 3. The summed E-state index contributed by atoms with van der Waals surface area (Å²) in [5.74, 6) is -4.03. The van der Waals surface area contributed by atoms with E-state index in [1.165, 1.54) is 12.1 Å². The van der Waals surface area contributed by atoms with E-state index in [0.29, 0.717) is 5.56 Å². The van der Waals surface area contributed by atoms with Crippen molar-refractivity contribution >= 4 is 5.69 Å². The van der Waals surface area contributed by atoms with Crippen molar-refractivity contribution in [2.24, 2.45) is 0 Å². The summed E-state index contributed by atoms with van der Waals surface area (Å²) in [7, 11) is 0. The van der Waals surface area contributed by atoms with Crippen molar-refractivity contribution in [1.82, 2.24) is 0 Å². The minimum atomic E-state index is -4.89. The summed E-state index contributed by atoms with van der Waals surface area (Å²) >= 11 is 0. The van der Waals surface area contributed by atoms with Gasteiger partial charge in [0.1, 0.15) is 0 Å². The molecule has 0 amide bonds. The van der Waals surface area contributed by atoms with Gasteiger partial charge < -0.3 is 20.3 Å². The van der Waals surface area contributed by atoms with Crippen LogP contribution in [0.2, 0.25) is 0 Å².